The molecule has 2 N–H and O–H groups in total. The Morgan fingerprint density at radius 1 is 0.472 bits per heavy atom. The Hall–Kier alpha value is -3.40. The average molecular weight is 479 g/mol. The zero-order valence-electron chi connectivity index (χ0n) is 22.6. The molecule has 5 heterocycles. The van der Waals surface area contributed by atoms with Crippen molar-refractivity contribution in [2.75, 3.05) is 0 Å². The summed E-state index contributed by atoms with van der Waals surface area (Å²) in [5.74, 6) is 0. The number of nitrogens with zero attached hydrogens (tertiary/aromatic N) is 2. The van der Waals surface area contributed by atoms with E-state index in [9.17, 15) is 0 Å². The van der Waals surface area contributed by atoms with Gasteiger partial charge in [0.05, 0.1) is 22.8 Å². The lowest BCUT2D eigenvalue weighted by atomic mass is 9.99. The molecule has 36 heavy (non-hydrogen) atoms. The van der Waals surface area contributed by atoms with Crippen molar-refractivity contribution in [1.82, 2.24) is 19.9 Å². The first-order valence-corrected chi connectivity index (χ1v) is 13.7. The van der Waals surface area contributed by atoms with Crippen LogP contribution in [0, 0.1) is 0 Å². The maximum atomic E-state index is 5.16. The second-order valence-electron chi connectivity index (χ2n) is 9.66. The Morgan fingerprint density at radius 3 is 1.17 bits per heavy atom. The molecule has 3 aromatic rings. The minimum Gasteiger partial charge on any atom is -0.355 e. The predicted molar refractivity (Wildman–Crippen MR) is 155 cm³/mol. The first kappa shape index (κ1) is 24.3. The third-order valence-corrected chi connectivity index (χ3v) is 7.73. The van der Waals surface area contributed by atoms with Crippen LogP contribution in [0.2, 0.25) is 0 Å². The van der Waals surface area contributed by atoms with E-state index in [1.165, 1.54) is 44.5 Å². The van der Waals surface area contributed by atoms with Crippen molar-refractivity contribution in [2.45, 2.75) is 80.1 Å². The van der Waals surface area contributed by atoms with Gasteiger partial charge in [0, 0.05) is 22.1 Å². The molecule has 0 saturated heterocycles. The van der Waals surface area contributed by atoms with Crippen LogP contribution in [0.4, 0.5) is 0 Å². The molecule has 0 atom stereocenters. The molecule has 2 aliphatic heterocycles. The SMILES string of the molecule is CCC1=C(CC)c2cc3[nH]c(cc4nc(cc5ccc(cc1n2)[nH]5)C(CC)=C4CC)c(CC)c3CC. The van der Waals surface area contributed by atoms with Crippen molar-refractivity contribution < 1.29 is 0 Å². The van der Waals surface area contributed by atoms with Crippen LogP contribution in [0.15, 0.2) is 36.4 Å². The van der Waals surface area contributed by atoms with Crippen LogP contribution >= 0.6 is 0 Å². The van der Waals surface area contributed by atoms with Gasteiger partial charge in [0.1, 0.15) is 0 Å². The number of rotatable bonds is 6. The molecule has 8 bridgehead atoms. The van der Waals surface area contributed by atoms with E-state index >= 15 is 0 Å². The van der Waals surface area contributed by atoms with E-state index in [2.05, 4.69) is 87.9 Å². The molecule has 0 radical (unpaired) electrons. The fourth-order valence-corrected chi connectivity index (χ4v) is 6.04. The fourth-order valence-electron chi connectivity index (χ4n) is 6.04. The highest BCUT2D eigenvalue weighted by Gasteiger charge is 2.20. The molecule has 0 aromatic carbocycles. The summed E-state index contributed by atoms with van der Waals surface area (Å²) in [5, 5.41) is 0. The monoisotopic (exact) mass is 478 g/mol. The summed E-state index contributed by atoms with van der Waals surface area (Å²) >= 11 is 0. The second kappa shape index (κ2) is 9.93. The van der Waals surface area contributed by atoms with Gasteiger partial charge in [-0.2, -0.15) is 0 Å². The van der Waals surface area contributed by atoms with Crippen LogP contribution in [0.5, 0.6) is 0 Å². The van der Waals surface area contributed by atoms with Crippen LogP contribution in [0.3, 0.4) is 0 Å². The van der Waals surface area contributed by atoms with Crippen LogP contribution in [-0.4, -0.2) is 19.9 Å². The van der Waals surface area contributed by atoms with Crippen molar-refractivity contribution in [1.29, 1.82) is 0 Å². The quantitative estimate of drug-likeness (QED) is 0.371. The zero-order chi connectivity index (χ0) is 25.4. The number of hydrogen-bond acceptors (Lipinski definition) is 2. The van der Waals surface area contributed by atoms with E-state index in [-0.39, 0.29) is 0 Å². The van der Waals surface area contributed by atoms with Crippen LogP contribution in [-0.2, 0) is 12.8 Å². The van der Waals surface area contributed by atoms with Gasteiger partial charge in [0.25, 0.3) is 0 Å². The van der Waals surface area contributed by atoms with Gasteiger partial charge in [-0.3, -0.25) is 0 Å². The van der Waals surface area contributed by atoms with Crippen molar-refractivity contribution in [3.05, 3.63) is 70.3 Å². The van der Waals surface area contributed by atoms with Gasteiger partial charge in [-0.1, -0.05) is 41.5 Å². The van der Waals surface area contributed by atoms with Gasteiger partial charge in [0.15, 0.2) is 0 Å². The largest absolute Gasteiger partial charge is 0.355 e. The van der Waals surface area contributed by atoms with Crippen LogP contribution in [0.25, 0.3) is 44.4 Å². The molecule has 4 heteroatoms. The summed E-state index contributed by atoms with van der Waals surface area (Å²) in [4.78, 5) is 17.7. The van der Waals surface area contributed by atoms with E-state index in [1.807, 2.05) is 0 Å². The molecule has 0 amide bonds. The van der Waals surface area contributed by atoms with Gasteiger partial charge >= 0.3 is 0 Å². The highest BCUT2D eigenvalue weighted by atomic mass is 14.8. The molecule has 186 valence electrons. The predicted octanol–water partition coefficient (Wildman–Crippen LogP) is 8.90. The fraction of sp³-hybridized carbons (Fsp3) is 0.375. The number of nitrogens with one attached hydrogen (secondary N) is 2. The van der Waals surface area contributed by atoms with Crippen molar-refractivity contribution in [3.63, 3.8) is 0 Å². The third-order valence-electron chi connectivity index (χ3n) is 7.73. The van der Waals surface area contributed by atoms with E-state index in [4.69, 9.17) is 9.97 Å². The Balaban J connectivity index is 1.96. The Labute approximate surface area is 214 Å². The maximum absolute atomic E-state index is 5.16. The normalized spacial score (nSPS) is 13.7. The minimum atomic E-state index is 0.972. The van der Waals surface area contributed by atoms with E-state index in [0.717, 1.165) is 72.3 Å². The van der Waals surface area contributed by atoms with Gasteiger partial charge in [-0.05, 0) is 108 Å². The molecule has 0 aliphatic carbocycles. The molecular weight excluding hydrogens is 440 g/mol. The van der Waals surface area contributed by atoms with Crippen molar-refractivity contribution in [2.24, 2.45) is 0 Å². The van der Waals surface area contributed by atoms with E-state index in [1.54, 1.807) is 0 Å². The van der Waals surface area contributed by atoms with Gasteiger partial charge in [-0.15, -0.1) is 0 Å². The van der Waals surface area contributed by atoms with Gasteiger partial charge in [0.2, 0.25) is 0 Å². The molecule has 0 spiro atoms. The Bertz CT molecular complexity index is 1430. The number of aromatic nitrogens is 4. The molecule has 5 rings (SSSR count). The summed E-state index contributed by atoms with van der Waals surface area (Å²) < 4.78 is 0. The highest BCUT2D eigenvalue weighted by molar-refractivity contribution is 5.95. The topological polar surface area (TPSA) is 57.4 Å². The Kier molecular flexibility index (Phi) is 6.70. The summed E-state index contributed by atoms with van der Waals surface area (Å²) in [6.07, 6.45) is 5.86. The number of hydrogen-bond donors (Lipinski definition) is 2. The Morgan fingerprint density at radius 2 is 0.833 bits per heavy atom. The van der Waals surface area contributed by atoms with Crippen LogP contribution < -0.4 is 0 Å². The maximum Gasteiger partial charge on any atom is 0.0693 e. The van der Waals surface area contributed by atoms with Crippen molar-refractivity contribution in [3.8, 4) is 0 Å². The lowest BCUT2D eigenvalue weighted by molar-refractivity contribution is 1.07. The minimum absolute atomic E-state index is 0.972. The molecular formula is C32H38N4. The van der Waals surface area contributed by atoms with Gasteiger partial charge in [-0.25, -0.2) is 9.97 Å². The van der Waals surface area contributed by atoms with Gasteiger partial charge < -0.3 is 9.97 Å². The molecule has 2 aliphatic rings. The first-order valence-electron chi connectivity index (χ1n) is 13.7. The van der Waals surface area contributed by atoms with Crippen LogP contribution in [0.1, 0.15) is 101 Å². The van der Waals surface area contributed by atoms with Crippen molar-refractivity contribution >= 4 is 44.4 Å². The lowest BCUT2D eigenvalue weighted by Crippen LogP contribution is -1.87. The number of fused-ring (bicyclic) bond motifs is 8. The summed E-state index contributed by atoms with van der Waals surface area (Å²) in [5.41, 5.74) is 17.0. The second-order valence-corrected chi connectivity index (χ2v) is 9.66. The average Bonchev–Trinajstić information content (AvgIpc) is 3.62. The number of H-pyrrole nitrogens is 2. The summed E-state index contributed by atoms with van der Waals surface area (Å²) in [7, 11) is 0. The molecule has 3 aromatic heterocycles. The number of aromatic amines is 2. The third kappa shape index (κ3) is 4.03. The molecule has 4 nitrogen and oxygen atoms in total. The van der Waals surface area contributed by atoms with E-state index in [0.29, 0.717) is 0 Å². The summed E-state index contributed by atoms with van der Waals surface area (Å²) in [6.45, 7) is 13.5. The standard InChI is InChI=1S/C32H38N4/c1-7-21-23(9-3)29-17-31-25(11-5)26(12-6)32(36-31)18-30-24(10-4)22(8-2)28(35-30)16-20-14-13-19(33-20)15-27(21)34-29/h13-18,33,36H,7-12H2,1-6H3. The van der Waals surface area contributed by atoms with E-state index < -0.39 is 0 Å². The highest BCUT2D eigenvalue weighted by Crippen LogP contribution is 2.37. The first-order chi connectivity index (χ1) is 17.5. The molecule has 0 saturated carbocycles. The molecule has 0 fully saturated rings. The lowest BCUT2D eigenvalue weighted by Gasteiger charge is -2.03. The molecule has 0 unspecified atom stereocenters. The zero-order valence-corrected chi connectivity index (χ0v) is 22.6. The number of allylic oxidation sites excluding steroid dienone is 4. The summed E-state index contributed by atoms with van der Waals surface area (Å²) in [6, 6.07) is 13.3. The smallest absolute Gasteiger partial charge is 0.0693 e. The number of aryl methyl sites for hydroxylation is 2.